The first-order valence-corrected chi connectivity index (χ1v) is 10.5. The highest BCUT2D eigenvalue weighted by atomic mass is 16.5. The van der Waals surface area contributed by atoms with Crippen LogP contribution in [0.5, 0.6) is 0 Å². The van der Waals surface area contributed by atoms with Gasteiger partial charge >= 0.3 is 0 Å². The fraction of sp³-hybridized carbons (Fsp3) is 0.476. The summed E-state index contributed by atoms with van der Waals surface area (Å²) in [6.07, 6.45) is 4.18. The number of rotatable bonds is 5. The summed E-state index contributed by atoms with van der Waals surface area (Å²) in [5, 5.41) is 8.66. The van der Waals surface area contributed by atoms with Crippen LogP contribution in [0.2, 0.25) is 0 Å². The third kappa shape index (κ3) is 3.85. The second kappa shape index (κ2) is 8.35. The van der Waals surface area contributed by atoms with Crippen LogP contribution in [0, 0.1) is 0 Å². The van der Waals surface area contributed by atoms with Crippen molar-refractivity contribution in [1.29, 1.82) is 0 Å². The third-order valence-electron chi connectivity index (χ3n) is 5.75. The fourth-order valence-corrected chi connectivity index (χ4v) is 4.19. The Kier molecular flexibility index (Phi) is 5.27. The van der Waals surface area contributed by atoms with Crippen LogP contribution < -0.4 is 4.90 Å². The van der Waals surface area contributed by atoms with Crippen LogP contribution in [0.15, 0.2) is 36.7 Å². The molecule has 0 aliphatic carbocycles. The van der Waals surface area contributed by atoms with Gasteiger partial charge in [0.05, 0.1) is 25.7 Å². The molecule has 3 aromatic rings. The number of carbonyl (C=O) groups is 1. The highest BCUT2D eigenvalue weighted by molar-refractivity contribution is 5.82. The second-order valence-corrected chi connectivity index (χ2v) is 7.83. The molecule has 30 heavy (non-hydrogen) atoms. The van der Waals surface area contributed by atoms with Gasteiger partial charge in [0.15, 0.2) is 17.0 Å². The van der Waals surface area contributed by atoms with E-state index in [9.17, 15) is 4.79 Å². The quantitative estimate of drug-likeness (QED) is 0.630. The van der Waals surface area contributed by atoms with Crippen molar-refractivity contribution in [3.8, 4) is 0 Å². The normalized spacial score (nSPS) is 19.5. The highest BCUT2D eigenvalue weighted by Gasteiger charge is 2.26. The van der Waals surface area contributed by atoms with Gasteiger partial charge in [-0.2, -0.15) is 0 Å². The summed E-state index contributed by atoms with van der Waals surface area (Å²) in [5.41, 5.74) is 2.47. The molecule has 5 rings (SSSR count). The summed E-state index contributed by atoms with van der Waals surface area (Å²) >= 11 is 0. The zero-order valence-electron chi connectivity index (χ0n) is 16.9. The molecule has 2 fully saturated rings. The van der Waals surface area contributed by atoms with Crippen molar-refractivity contribution in [2.75, 3.05) is 37.7 Å². The number of carbonyl (C=O) groups excluding carboxylic acids is 1. The summed E-state index contributed by atoms with van der Waals surface area (Å²) in [5.74, 6) is 0.976. The smallest absolute Gasteiger partial charge is 0.227 e. The minimum Gasteiger partial charge on any atom is -0.373 e. The zero-order valence-corrected chi connectivity index (χ0v) is 16.9. The van der Waals surface area contributed by atoms with Crippen LogP contribution in [0.25, 0.3) is 11.2 Å². The maximum Gasteiger partial charge on any atom is 0.227 e. The summed E-state index contributed by atoms with van der Waals surface area (Å²) in [7, 11) is 0. The Morgan fingerprint density at radius 3 is 2.77 bits per heavy atom. The molecule has 2 aliphatic heterocycles. The minimum absolute atomic E-state index is 0.122. The van der Waals surface area contributed by atoms with E-state index in [1.54, 1.807) is 11.0 Å². The maximum atomic E-state index is 12.7. The predicted octanol–water partition coefficient (Wildman–Crippen LogP) is 1.29. The lowest BCUT2D eigenvalue weighted by Gasteiger charge is -2.33. The lowest BCUT2D eigenvalue weighted by Crippen LogP contribution is -2.47. The molecule has 0 saturated carbocycles. The van der Waals surface area contributed by atoms with Gasteiger partial charge in [-0.1, -0.05) is 35.5 Å². The Balaban J connectivity index is 1.28. The molecular weight excluding hydrogens is 382 g/mol. The van der Waals surface area contributed by atoms with E-state index >= 15 is 0 Å². The van der Waals surface area contributed by atoms with Crippen LogP contribution in [0.3, 0.4) is 0 Å². The maximum absolute atomic E-state index is 12.7. The summed E-state index contributed by atoms with van der Waals surface area (Å²) in [4.78, 5) is 25.7. The van der Waals surface area contributed by atoms with E-state index < -0.39 is 0 Å². The average molecular weight is 407 g/mol. The van der Waals surface area contributed by atoms with Crippen LogP contribution in [-0.4, -0.2) is 74.7 Å². The molecule has 1 aromatic carbocycles. The van der Waals surface area contributed by atoms with E-state index in [-0.39, 0.29) is 12.0 Å². The molecule has 9 nitrogen and oxygen atoms in total. The zero-order chi connectivity index (χ0) is 20.3. The van der Waals surface area contributed by atoms with Crippen LogP contribution in [0.4, 0.5) is 5.82 Å². The molecule has 0 radical (unpaired) electrons. The van der Waals surface area contributed by atoms with E-state index in [0.29, 0.717) is 38.3 Å². The molecule has 0 unspecified atom stereocenters. The lowest BCUT2D eigenvalue weighted by atomic mass is 10.1. The van der Waals surface area contributed by atoms with Crippen molar-refractivity contribution in [1.82, 2.24) is 29.9 Å². The molecule has 156 valence electrons. The topological polar surface area (TPSA) is 89.3 Å². The minimum atomic E-state index is -0.145. The number of ether oxygens (including phenoxy) is 1. The molecule has 0 bridgehead atoms. The van der Waals surface area contributed by atoms with Crippen molar-refractivity contribution in [3.05, 3.63) is 42.2 Å². The van der Waals surface area contributed by atoms with Gasteiger partial charge in [-0.05, 0) is 18.4 Å². The number of amides is 1. The van der Waals surface area contributed by atoms with E-state index in [0.717, 1.165) is 30.0 Å². The molecule has 2 saturated heterocycles. The molecule has 9 heteroatoms. The van der Waals surface area contributed by atoms with E-state index in [4.69, 9.17) is 4.74 Å². The number of benzene rings is 1. The number of aromatic nitrogens is 5. The first-order chi connectivity index (χ1) is 14.8. The third-order valence-corrected chi connectivity index (χ3v) is 5.75. The monoisotopic (exact) mass is 407 g/mol. The van der Waals surface area contributed by atoms with Crippen LogP contribution >= 0.6 is 0 Å². The van der Waals surface area contributed by atoms with E-state index in [1.807, 2.05) is 35.2 Å². The second-order valence-electron chi connectivity index (χ2n) is 7.83. The Hall–Kier alpha value is -3.07. The SMILES string of the molecule is O=C(Cc1ccccc1)N1CCO[C@H](Cn2nnc3c(N4CCCC4)ncnc32)C1. The Morgan fingerprint density at radius 1 is 1.10 bits per heavy atom. The van der Waals surface area contributed by atoms with E-state index in [2.05, 4.69) is 25.2 Å². The Morgan fingerprint density at radius 2 is 1.93 bits per heavy atom. The number of hydrogen-bond acceptors (Lipinski definition) is 7. The van der Waals surface area contributed by atoms with Gasteiger partial charge in [-0.15, -0.1) is 5.10 Å². The first kappa shape index (κ1) is 18.9. The largest absolute Gasteiger partial charge is 0.373 e. The predicted molar refractivity (Wildman–Crippen MR) is 111 cm³/mol. The fourth-order valence-electron chi connectivity index (χ4n) is 4.19. The molecular formula is C21H25N7O2. The summed E-state index contributed by atoms with van der Waals surface area (Å²) in [6.45, 7) is 4.15. The lowest BCUT2D eigenvalue weighted by molar-refractivity contribution is -0.138. The molecule has 2 aliphatic rings. The molecule has 1 amide bonds. The molecule has 4 heterocycles. The number of anilines is 1. The van der Waals surface area contributed by atoms with Crippen molar-refractivity contribution < 1.29 is 9.53 Å². The van der Waals surface area contributed by atoms with Gasteiger partial charge in [0, 0.05) is 26.2 Å². The summed E-state index contributed by atoms with van der Waals surface area (Å²) < 4.78 is 7.69. The van der Waals surface area contributed by atoms with Crippen molar-refractivity contribution in [2.24, 2.45) is 0 Å². The number of morpholine rings is 1. The van der Waals surface area contributed by atoms with Gasteiger partial charge in [0.25, 0.3) is 0 Å². The molecule has 0 N–H and O–H groups in total. The van der Waals surface area contributed by atoms with Crippen molar-refractivity contribution in [2.45, 2.75) is 31.9 Å². The van der Waals surface area contributed by atoms with E-state index in [1.165, 1.54) is 12.8 Å². The Labute approximate surface area is 174 Å². The number of fused-ring (bicyclic) bond motifs is 1. The standard InChI is InChI=1S/C21H25N7O2/c29-18(12-16-6-2-1-3-7-16)27-10-11-30-17(13-27)14-28-21-19(24-25-28)20(22-15-23-21)26-8-4-5-9-26/h1-3,6-7,15,17H,4-5,8-14H2/t17-/m0/s1. The molecule has 1 atom stereocenters. The van der Waals surface area contributed by atoms with Gasteiger partial charge in [0.1, 0.15) is 6.33 Å². The highest BCUT2D eigenvalue weighted by Crippen LogP contribution is 2.24. The summed E-state index contributed by atoms with van der Waals surface area (Å²) in [6, 6.07) is 9.83. The van der Waals surface area contributed by atoms with Gasteiger partial charge < -0.3 is 14.5 Å². The number of nitrogens with zero attached hydrogens (tertiary/aromatic N) is 7. The van der Waals surface area contributed by atoms with Crippen LogP contribution in [-0.2, 0) is 22.5 Å². The molecule has 0 spiro atoms. The van der Waals surface area contributed by atoms with Crippen molar-refractivity contribution >= 4 is 22.9 Å². The molecule has 2 aromatic heterocycles. The number of hydrogen-bond donors (Lipinski definition) is 0. The van der Waals surface area contributed by atoms with Crippen LogP contribution in [0.1, 0.15) is 18.4 Å². The van der Waals surface area contributed by atoms with Gasteiger partial charge in [0.2, 0.25) is 5.91 Å². The van der Waals surface area contributed by atoms with Gasteiger partial charge in [-0.3, -0.25) is 4.79 Å². The average Bonchev–Trinajstić information content (AvgIpc) is 3.45. The Bertz CT molecular complexity index is 1020. The van der Waals surface area contributed by atoms with Crippen molar-refractivity contribution in [3.63, 3.8) is 0 Å². The first-order valence-electron chi connectivity index (χ1n) is 10.5. The van der Waals surface area contributed by atoms with Gasteiger partial charge in [-0.25, -0.2) is 14.6 Å².